The zero-order valence-electron chi connectivity index (χ0n) is 9.08. The van der Waals surface area contributed by atoms with E-state index in [0.717, 1.165) is 22.9 Å². The number of nitriles is 1. The summed E-state index contributed by atoms with van der Waals surface area (Å²) in [7, 11) is 0. The third kappa shape index (κ3) is 1.70. The summed E-state index contributed by atoms with van der Waals surface area (Å²) in [5.74, 6) is 0. The maximum absolute atomic E-state index is 11.7. The highest BCUT2D eigenvalue weighted by atomic mass is 16.1. The van der Waals surface area contributed by atoms with Crippen molar-refractivity contribution in [1.29, 1.82) is 5.26 Å². The molecule has 0 fully saturated rings. The number of nitrogens with zero attached hydrogens (tertiary/aromatic N) is 1. The quantitative estimate of drug-likeness (QED) is 0.829. The van der Waals surface area contributed by atoms with Gasteiger partial charge in [-0.25, -0.2) is 0 Å². The van der Waals surface area contributed by atoms with Crippen LogP contribution >= 0.6 is 0 Å². The van der Waals surface area contributed by atoms with Crippen LogP contribution in [-0.2, 0) is 12.8 Å². The van der Waals surface area contributed by atoms with Gasteiger partial charge in [0.05, 0.1) is 18.0 Å². The van der Waals surface area contributed by atoms with Gasteiger partial charge in [0.15, 0.2) is 0 Å². The highest BCUT2D eigenvalue weighted by Gasteiger charge is 2.04. The van der Waals surface area contributed by atoms with E-state index in [2.05, 4.69) is 11.9 Å². The van der Waals surface area contributed by atoms with Crippen LogP contribution in [0.4, 0.5) is 0 Å². The normalized spacial score (nSPS) is 10.2. The van der Waals surface area contributed by atoms with Crippen LogP contribution in [-0.4, -0.2) is 4.98 Å². The van der Waals surface area contributed by atoms with Gasteiger partial charge in [-0.1, -0.05) is 25.1 Å². The minimum absolute atomic E-state index is 0.154. The average Bonchev–Trinajstić information content (AvgIpc) is 2.30. The summed E-state index contributed by atoms with van der Waals surface area (Å²) in [6.07, 6.45) is 1.03. The molecule has 2 rings (SSSR count). The predicted octanol–water partition coefficient (Wildman–Crippen LogP) is 2.16. The first-order valence-corrected chi connectivity index (χ1v) is 5.27. The molecule has 0 saturated heterocycles. The summed E-state index contributed by atoms with van der Waals surface area (Å²) in [5.41, 5.74) is 2.38. The SMILES string of the molecule is CCc1cccc2cc(CC#N)c(=O)[nH]c12. The van der Waals surface area contributed by atoms with Gasteiger partial charge in [0.1, 0.15) is 0 Å². The molecule has 1 aromatic carbocycles. The molecule has 0 aliphatic heterocycles. The Morgan fingerprint density at radius 3 is 2.88 bits per heavy atom. The molecule has 0 radical (unpaired) electrons. The first kappa shape index (κ1) is 10.4. The number of hydrogen-bond acceptors (Lipinski definition) is 2. The smallest absolute Gasteiger partial charge is 0.252 e. The maximum atomic E-state index is 11.7. The summed E-state index contributed by atoms with van der Waals surface area (Å²) < 4.78 is 0. The molecule has 0 atom stereocenters. The number of para-hydroxylation sites is 1. The largest absolute Gasteiger partial charge is 0.321 e. The highest BCUT2D eigenvalue weighted by Crippen LogP contribution is 2.16. The van der Waals surface area contributed by atoms with Gasteiger partial charge in [-0.3, -0.25) is 4.79 Å². The van der Waals surface area contributed by atoms with Gasteiger partial charge in [-0.15, -0.1) is 0 Å². The van der Waals surface area contributed by atoms with Crippen LogP contribution in [0.25, 0.3) is 10.9 Å². The number of pyridine rings is 1. The van der Waals surface area contributed by atoms with E-state index in [1.807, 2.05) is 24.3 Å². The number of rotatable bonds is 2. The molecule has 3 heteroatoms. The van der Waals surface area contributed by atoms with E-state index in [9.17, 15) is 4.79 Å². The number of H-pyrrole nitrogens is 1. The van der Waals surface area contributed by atoms with Gasteiger partial charge in [-0.05, 0) is 23.4 Å². The van der Waals surface area contributed by atoms with Crippen LogP contribution < -0.4 is 5.56 Å². The average molecular weight is 212 g/mol. The second-order valence-electron chi connectivity index (χ2n) is 3.69. The first-order chi connectivity index (χ1) is 7.76. The Morgan fingerprint density at radius 1 is 1.38 bits per heavy atom. The van der Waals surface area contributed by atoms with Crippen LogP contribution in [0.15, 0.2) is 29.1 Å². The second-order valence-corrected chi connectivity index (χ2v) is 3.69. The van der Waals surface area contributed by atoms with Gasteiger partial charge < -0.3 is 4.98 Å². The zero-order valence-corrected chi connectivity index (χ0v) is 9.08. The van der Waals surface area contributed by atoms with Crippen molar-refractivity contribution in [3.8, 4) is 6.07 Å². The van der Waals surface area contributed by atoms with E-state index in [4.69, 9.17) is 5.26 Å². The number of benzene rings is 1. The number of aromatic amines is 1. The Hall–Kier alpha value is -2.08. The fourth-order valence-electron chi connectivity index (χ4n) is 1.85. The highest BCUT2D eigenvalue weighted by molar-refractivity contribution is 5.82. The Bertz CT molecular complexity index is 620. The molecule has 3 nitrogen and oxygen atoms in total. The predicted molar refractivity (Wildman–Crippen MR) is 63.3 cm³/mol. The molecule has 1 N–H and O–H groups in total. The molecule has 0 amide bonds. The summed E-state index contributed by atoms with van der Waals surface area (Å²) in [6.45, 7) is 2.05. The Labute approximate surface area is 93.3 Å². The molecular weight excluding hydrogens is 200 g/mol. The van der Waals surface area contributed by atoms with Gasteiger partial charge >= 0.3 is 0 Å². The van der Waals surface area contributed by atoms with Crippen molar-refractivity contribution in [1.82, 2.24) is 4.98 Å². The number of fused-ring (bicyclic) bond motifs is 1. The summed E-state index contributed by atoms with van der Waals surface area (Å²) in [6, 6.07) is 9.72. The third-order valence-electron chi connectivity index (χ3n) is 2.69. The molecular formula is C13H12N2O. The van der Waals surface area contributed by atoms with Crippen LogP contribution in [0.3, 0.4) is 0 Å². The molecule has 2 aromatic rings. The van der Waals surface area contributed by atoms with Crippen LogP contribution in [0.5, 0.6) is 0 Å². The molecule has 0 saturated carbocycles. The standard InChI is InChI=1S/C13H12N2O/c1-2-9-4-3-5-10-8-11(6-7-14)13(16)15-12(9)10/h3-5,8H,2,6H2,1H3,(H,15,16). The van der Waals surface area contributed by atoms with Crippen molar-refractivity contribution in [2.75, 3.05) is 0 Å². The van der Waals surface area contributed by atoms with Crippen molar-refractivity contribution in [3.05, 3.63) is 45.7 Å². The third-order valence-corrected chi connectivity index (χ3v) is 2.69. The molecule has 1 aromatic heterocycles. The number of nitrogens with one attached hydrogen (secondary N) is 1. The molecule has 80 valence electrons. The molecule has 0 unspecified atom stereocenters. The Kier molecular flexibility index (Phi) is 2.74. The lowest BCUT2D eigenvalue weighted by Crippen LogP contribution is -2.12. The molecule has 16 heavy (non-hydrogen) atoms. The van der Waals surface area contributed by atoms with Gasteiger partial charge in [0.2, 0.25) is 0 Å². The molecule has 0 aliphatic carbocycles. The van der Waals surface area contributed by atoms with E-state index < -0.39 is 0 Å². The van der Waals surface area contributed by atoms with E-state index in [-0.39, 0.29) is 12.0 Å². The summed E-state index contributed by atoms with van der Waals surface area (Å²) in [4.78, 5) is 14.5. The van der Waals surface area contributed by atoms with Crippen molar-refractivity contribution < 1.29 is 0 Å². The van der Waals surface area contributed by atoms with Crippen molar-refractivity contribution in [2.45, 2.75) is 19.8 Å². The Balaban J connectivity index is 2.74. The van der Waals surface area contributed by atoms with Gasteiger partial charge in [0, 0.05) is 5.56 Å². The topological polar surface area (TPSA) is 56.6 Å². The van der Waals surface area contributed by atoms with E-state index in [0.29, 0.717) is 5.56 Å². The van der Waals surface area contributed by atoms with E-state index in [1.54, 1.807) is 6.07 Å². The van der Waals surface area contributed by atoms with Crippen LogP contribution in [0.2, 0.25) is 0 Å². The number of aromatic nitrogens is 1. The number of aryl methyl sites for hydroxylation is 1. The van der Waals surface area contributed by atoms with Crippen molar-refractivity contribution in [3.63, 3.8) is 0 Å². The van der Waals surface area contributed by atoms with E-state index in [1.165, 1.54) is 0 Å². The minimum Gasteiger partial charge on any atom is -0.321 e. The monoisotopic (exact) mass is 212 g/mol. The minimum atomic E-state index is -0.157. The zero-order chi connectivity index (χ0) is 11.5. The molecule has 0 aliphatic rings. The van der Waals surface area contributed by atoms with E-state index >= 15 is 0 Å². The fraction of sp³-hybridized carbons (Fsp3) is 0.231. The summed E-state index contributed by atoms with van der Waals surface area (Å²) >= 11 is 0. The van der Waals surface area contributed by atoms with Crippen molar-refractivity contribution >= 4 is 10.9 Å². The van der Waals surface area contributed by atoms with Gasteiger partial charge in [-0.2, -0.15) is 5.26 Å². The number of hydrogen-bond donors (Lipinski definition) is 1. The van der Waals surface area contributed by atoms with Crippen LogP contribution in [0.1, 0.15) is 18.1 Å². The Morgan fingerprint density at radius 2 is 2.19 bits per heavy atom. The molecule has 0 spiro atoms. The fourth-order valence-corrected chi connectivity index (χ4v) is 1.85. The second kappa shape index (κ2) is 4.19. The molecule has 0 bridgehead atoms. The van der Waals surface area contributed by atoms with Gasteiger partial charge in [0.25, 0.3) is 5.56 Å². The summed E-state index contributed by atoms with van der Waals surface area (Å²) in [5, 5.41) is 9.60. The lowest BCUT2D eigenvalue weighted by Gasteiger charge is -2.04. The maximum Gasteiger partial charge on any atom is 0.252 e. The molecule has 1 heterocycles. The van der Waals surface area contributed by atoms with Crippen LogP contribution in [0, 0.1) is 11.3 Å². The van der Waals surface area contributed by atoms with Crippen molar-refractivity contribution in [2.24, 2.45) is 0 Å². The first-order valence-electron chi connectivity index (χ1n) is 5.27. The lowest BCUT2D eigenvalue weighted by atomic mass is 10.1. The lowest BCUT2D eigenvalue weighted by molar-refractivity contribution is 1.11.